The van der Waals surface area contributed by atoms with Crippen molar-refractivity contribution in [2.75, 3.05) is 13.1 Å². The van der Waals surface area contributed by atoms with E-state index in [1.54, 1.807) is 4.90 Å². The zero-order chi connectivity index (χ0) is 10.8. The van der Waals surface area contributed by atoms with Gasteiger partial charge in [0.05, 0.1) is 6.54 Å². The monoisotopic (exact) mass is 269 g/mol. The Hall–Kier alpha value is -1.03. The van der Waals surface area contributed by atoms with E-state index in [0.717, 1.165) is 10.0 Å². The van der Waals surface area contributed by atoms with Gasteiger partial charge in [-0.3, -0.25) is 0 Å². The summed E-state index contributed by atoms with van der Waals surface area (Å²) in [6.07, 6.45) is -0.337. The molecule has 1 heterocycles. The van der Waals surface area contributed by atoms with Gasteiger partial charge in [-0.1, -0.05) is 28.1 Å². The molecule has 0 aromatic heterocycles. The predicted octanol–water partition coefficient (Wildman–Crippen LogP) is 2.96. The lowest BCUT2D eigenvalue weighted by Crippen LogP contribution is -2.23. The number of carbonyl (C=O) groups excluding carboxylic acids is 1. The highest BCUT2D eigenvalue weighted by Crippen LogP contribution is 2.26. The molecule has 80 valence electrons. The minimum Gasteiger partial charge on any atom is -0.439 e. The van der Waals surface area contributed by atoms with Gasteiger partial charge in [0, 0.05) is 11.0 Å². The van der Waals surface area contributed by atoms with Crippen molar-refractivity contribution in [3.63, 3.8) is 0 Å². The number of ether oxygens (including phenoxy) is 1. The molecule has 1 atom stereocenters. The number of carbonyl (C=O) groups is 1. The predicted molar refractivity (Wildman–Crippen MR) is 60.6 cm³/mol. The highest BCUT2D eigenvalue weighted by molar-refractivity contribution is 9.10. The Morgan fingerprint density at radius 3 is 2.67 bits per heavy atom. The molecule has 1 aromatic carbocycles. The van der Waals surface area contributed by atoms with Crippen LogP contribution in [0.5, 0.6) is 0 Å². The molecule has 1 amide bonds. The van der Waals surface area contributed by atoms with Crippen LogP contribution in [0.25, 0.3) is 0 Å². The van der Waals surface area contributed by atoms with Gasteiger partial charge in [0.25, 0.3) is 0 Å². The van der Waals surface area contributed by atoms with Gasteiger partial charge in [-0.05, 0) is 24.6 Å². The lowest BCUT2D eigenvalue weighted by Gasteiger charge is -2.09. The molecule has 0 saturated carbocycles. The van der Waals surface area contributed by atoms with E-state index in [1.165, 1.54) is 0 Å². The number of cyclic esters (lactones) is 1. The van der Waals surface area contributed by atoms with Crippen LogP contribution in [-0.4, -0.2) is 24.1 Å². The summed E-state index contributed by atoms with van der Waals surface area (Å²) in [6, 6.07) is 7.86. The molecule has 0 aliphatic carbocycles. The molecule has 1 aliphatic heterocycles. The summed E-state index contributed by atoms with van der Waals surface area (Å²) in [5.41, 5.74) is 1.04. The lowest BCUT2D eigenvalue weighted by molar-refractivity contribution is 0.133. The van der Waals surface area contributed by atoms with Crippen LogP contribution in [-0.2, 0) is 4.74 Å². The third-order valence-corrected chi connectivity index (χ3v) is 3.04. The first-order chi connectivity index (χ1) is 7.20. The third-order valence-electron chi connectivity index (χ3n) is 2.51. The number of likely N-dealkylation sites (N-methyl/N-ethyl adjacent to an activating group) is 1. The van der Waals surface area contributed by atoms with Crippen LogP contribution in [0.2, 0.25) is 0 Å². The van der Waals surface area contributed by atoms with Crippen molar-refractivity contribution in [1.82, 2.24) is 4.90 Å². The average Bonchev–Trinajstić information content (AvgIpc) is 2.61. The maximum Gasteiger partial charge on any atom is 0.410 e. The molecule has 0 bridgehead atoms. The molecular formula is C11H12BrNO2. The van der Waals surface area contributed by atoms with E-state index in [2.05, 4.69) is 15.9 Å². The van der Waals surface area contributed by atoms with Crippen LogP contribution in [0.15, 0.2) is 28.7 Å². The maximum atomic E-state index is 11.4. The van der Waals surface area contributed by atoms with E-state index < -0.39 is 0 Å². The van der Waals surface area contributed by atoms with Gasteiger partial charge in [0.2, 0.25) is 0 Å². The number of hydrogen-bond donors (Lipinski definition) is 0. The molecule has 0 radical (unpaired) electrons. The summed E-state index contributed by atoms with van der Waals surface area (Å²) in [7, 11) is 0. The SMILES string of the molecule is CCN1CC(c2ccc(Br)cc2)OC1=O. The van der Waals surface area contributed by atoms with Crippen molar-refractivity contribution in [2.24, 2.45) is 0 Å². The molecule has 1 fully saturated rings. The van der Waals surface area contributed by atoms with E-state index in [4.69, 9.17) is 4.74 Å². The number of amides is 1. The first-order valence-electron chi connectivity index (χ1n) is 4.91. The smallest absolute Gasteiger partial charge is 0.410 e. The molecule has 1 aromatic rings. The first kappa shape index (κ1) is 10.5. The second-order valence-electron chi connectivity index (χ2n) is 3.46. The van der Waals surface area contributed by atoms with Crippen LogP contribution in [0.1, 0.15) is 18.6 Å². The summed E-state index contributed by atoms with van der Waals surface area (Å²) in [4.78, 5) is 13.1. The number of halogens is 1. The summed E-state index contributed by atoms with van der Waals surface area (Å²) in [6.45, 7) is 3.30. The van der Waals surface area contributed by atoms with Crippen molar-refractivity contribution in [3.8, 4) is 0 Å². The van der Waals surface area contributed by atoms with Crippen molar-refractivity contribution >= 4 is 22.0 Å². The summed E-state index contributed by atoms with van der Waals surface area (Å²) in [5.74, 6) is 0. The fourth-order valence-electron chi connectivity index (χ4n) is 1.62. The first-order valence-corrected chi connectivity index (χ1v) is 5.71. The number of hydrogen-bond acceptors (Lipinski definition) is 2. The summed E-state index contributed by atoms with van der Waals surface area (Å²) in [5, 5.41) is 0. The molecule has 2 rings (SSSR count). The minimum atomic E-state index is -0.217. The van der Waals surface area contributed by atoms with Crippen molar-refractivity contribution in [2.45, 2.75) is 13.0 Å². The van der Waals surface area contributed by atoms with Crippen molar-refractivity contribution in [3.05, 3.63) is 34.3 Å². The van der Waals surface area contributed by atoms with E-state index in [0.29, 0.717) is 13.1 Å². The van der Waals surface area contributed by atoms with Crippen molar-refractivity contribution < 1.29 is 9.53 Å². The maximum absolute atomic E-state index is 11.4. The molecule has 3 nitrogen and oxygen atoms in total. The van der Waals surface area contributed by atoms with Gasteiger partial charge in [0.1, 0.15) is 6.10 Å². The topological polar surface area (TPSA) is 29.5 Å². The molecule has 0 spiro atoms. The zero-order valence-electron chi connectivity index (χ0n) is 8.44. The standard InChI is InChI=1S/C11H12BrNO2/c1-2-13-7-10(15-11(13)14)8-3-5-9(12)6-4-8/h3-6,10H,2,7H2,1H3. The van der Waals surface area contributed by atoms with Gasteiger partial charge in [-0.2, -0.15) is 0 Å². The number of nitrogens with zero attached hydrogens (tertiary/aromatic N) is 1. The van der Waals surface area contributed by atoms with Crippen LogP contribution < -0.4 is 0 Å². The highest BCUT2D eigenvalue weighted by Gasteiger charge is 2.30. The quantitative estimate of drug-likeness (QED) is 0.826. The Bertz CT molecular complexity index is 363. The molecular weight excluding hydrogens is 258 g/mol. The third kappa shape index (κ3) is 2.15. The Labute approximate surface area is 97.2 Å². The minimum absolute atomic E-state index is 0.120. The Morgan fingerprint density at radius 1 is 1.47 bits per heavy atom. The number of rotatable bonds is 2. The second-order valence-corrected chi connectivity index (χ2v) is 4.38. The van der Waals surface area contributed by atoms with Crippen LogP contribution in [0, 0.1) is 0 Å². The normalized spacial score (nSPS) is 20.5. The Morgan fingerprint density at radius 2 is 2.13 bits per heavy atom. The van der Waals surface area contributed by atoms with Gasteiger partial charge >= 0.3 is 6.09 Å². The highest BCUT2D eigenvalue weighted by atomic mass is 79.9. The van der Waals surface area contributed by atoms with Gasteiger partial charge in [0.15, 0.2) is 0 Å². The Balaban J connectivity index is 2.13. The van der Waals surface area contributed by atoms with Crippen LogP contribution >= 0.6 is 15.9 Å². The van der Waals surface area contributed by atoms with E-state index in [1.807, 2.05) is 31.2 Å². The van der Waals surface area contributed by atoms with E-state index >= 15 is 0 Å². The molecule has 4 heteroatoms. The van der Waals surface area contributed by atoms with E-state index in [9.17, 15) is 4.79 Å². The number of benzene rings is 1. The van der Waals surface area contributed by atoms with Gasteiger partial charge in [-0.25, -0.2) is 4.79 Å². The van der Waals surface area contributed by atoms with Crippen LogP contribution in [0.4, 0.5) is 4.79 Å². The van der Waals surface area contributed by atoms with E-state index in [-0.39, 0.29) is 12.2 Å². The zero-order valence-corrected chi connectivity index (χ0v) is 10.0. The lowest BCUT2D eigenvalue weighted by atomic mass is 10.1. The molecule has 1 unspecified atom stereocenters. The summed E-state index contributed by atoms with van der Waals surface area (Å²) < 4.78 is 6.29. The van der Waals surface area contributed by atoms with Gasteiger partial charge < -0.3 is 9.64 Å². The molecule has 15 heavy (non-hydrogen) atoms. The van der Waals surface area contributed by atoms with Gasteiger partial charge in [-0.15, -0.1) is 0 Å². The summed E-state index contributed by atoms with van der Waals surface area (Å²) >= 11 is 3.37. The Kier molecular flexibility index (Phi) is 2.95. The molecule has 1 saturated heterocycles. The van der Waals surface area contributed by atoms with Crippen LogP contribution in [0.3, 0.4) is 0 Å². The molecule has 0 N–H and O–H groups in total. The largest absolute Gasteiger partial charge is 0.439 e. The fourth-order valence-corrected chi connectivity index (χ4v) is 1.88. The average molecular weight is 270 g/mol. The molecule has 1 aliphatic rings. The second kappa shape index (κ2) is 4.23. The van der Waals surface area contributed by atoms with Crippen molar-refractivity contribution in [1.29, 1.82) is 0 Å². The fraction of sp³-hybridized carbons (Fsp3) is 0.364.